The van der Waals surface area contributed by atoms with Gasteiger partial charge in [0, 0.05) is 26.3 Å². The van der Waals surface area contributed by atoms with Gasteiger partial charge in [-0.25, -0.2) is 0 Å². The number of nitrogens with one attached hydrogen (secondary N) is 1. The van der Waals surface area contributed by atoms with E-state index in [9.17, 15) is 9.59 Å². The predicted molar refractivity (Wildman–Crippen MR) is 101 cm³/mol. The van der Waals surface area contributed by atoms with Crippen LogP contribution in [0.4, 0.5) is 5.69 Å². The van der Waals surface area contributed by atoms with Crippen molar-refractivity contribution in [1.82, 2.24) is 10.2 Å². The molecule has 6 heteroatoms. The number of allylic oxidation sites excluding steroid dienone is 2. The van der Waals surface area contributed by atoms with Crippen LogP contribution >= 0.6 is 12.2 Å². The number of carbonyl (C=O) groups excluding carboxylic acids is 2. The third kappa shape index (κ3) is 3.97. The Labute approximate surface area is 146 Å². The fourth-order valence-electron chi connectivity index (χ4n) is 2.15. The van der Waals surface area contributed by atoms with Gasteiger partial charge in [-0.1, -0.05) is 30.4 Å². The summed E-state index contributed by atoms with van der Waals surface area (Å²) >= 11 is 5.00. The van der Waals surface area contributed by atoms with E-state index in [-0.39, 0.29) is 17.2 Å². The summed E-state index contributed by atoms with van der Waals surface area (Å²) < 4.78 is 0. The lowest BCUT2D eigenvalue weighted by Gasteiger charge is -2.27. The highest BCUT2D eigenvalue weighted by Gasteiger charge is 2.31. The molecule has 1 N–H and O–H groups in total. The topological polar surface area (TPSA) is 52.7 Å². The Balaban J connectivity index is 2.16. The standard InChI is InChI=1S/C18H19N3O2S/c1-4-12-21-17(23)15(16(22)19-18(21)24)7-5-6-13-8-10-14(11-9-13)20(2)3/h4-11H,1,12H2,2-3H3,(H,19,22,24)/b6-5-,15-7+. The predicted octanol–water partition coefficient (Wildman–Crippen LogP) is 2.12. The summed E-state index contributed by atoms with van der Waals surface area (Å²) in [7, 11) is 3.95. The number of anilines is 1. The van der Waals surface area contributed by atoms with Gasteiger partial charge >= 0.3 is 0 Å². The van der Waals surface area contributed by atoms with Crippen LogP contribution in [0.3, 0.4) is 0 Å². The van der Waals surface area contributed by atoms with Crippen LogP contribution < -0.4 is 10.2 Å². The van der Waals surface area contributed by atoms with Gasteiger partial charge < -0.3 is 4.90 Å². The average Bonchev–Trinajstić information content (AvgIpc) is 2.55. The zero-order chi connectivity index (χ0) is 17.7. The molecule has 0 spiro atoms. The van der Waals surface area contributed by atoms with E-state index >= 15 is 0 Å². The largest absolute Gasteiger partial charge is 0.378 e. The Kier molecular flexibility index (Phi) is 5.65. The van der Waals surface area contributed by atoms with Gasteiger partial charge in [0.05, 0.1) is 0 Å². The van der Waals surface area contributed by atoms with Crippen LogP contribution in [0.25, 0.3) is 6.08 Å². The Morgan fingerprint density at radius 2 is 1.92 bits per heavy atom. The van der Waals surface area contributed by atoms with E-state index in [0.717, 1.165) is 11.3 Å². The first-order valence-corrected chi connectivity index (χ1v) is 7.78. The lowest BCUT2D eigenvalue weighted by atomic mass is 10.1. The van der Waals surface area contributed by atoms with Crippen LogP contribution in [-0.4, -0.2) is 42.5 Å². The molecular formula is C18H19N3O2S. The second-order valence-corrected chi connectivity index (χ2v) is 5.78. The average molecular weight is 341 g/mol. The first-order valence-electron chi connectivity index (χ1n) is 7.38. The number of amides is 2. The van der Waals surface area contributed by atoms with Crippen molar-refractivity contribution < 1.29 is 9.59 Å². The highest BCUT2D eigenvalue weighted by molar-refractivity contribution is 7.80. The van der Waals surface area contributed by atoms with E-state index in [0.29, 0.717) is 0 Å². The summed E-state index contributed by atoms with van der Waals surface area (Å²) in [6, 6.07) is 7.92. The minimum absolute atomic E-state index is 0.0478. The Hall–Kier alpha value is -2.73. The number of nitrogens with zero attached hydrogens (tertiary/aromatic N) is 2. The quantitative estimate of drug-likeness (QED) is 0.386. The van der Waals surface area contributed by atoms with Crippen LogP contribution in [0.2, 0.25) is 0 Å². The van der Waals surface area contributed by atoms with E-state index in [2.05, 4.69) is 11.9 Å². The van der Waals surface area contributed by atoms with Crippen LogP contribution in [-0.2, 0) is 9.59 Å². The van der Waals surface area contributed by atoms with Crippen molar-refractivity contribution in [2.24, 2.45) is 0 Å². The fraction of sp³-hybridized carbons (Fsp3) is 0.167. The fourth-order valence-corrected chi connectivity index (χ4v) is 2.40. The van der Waals surface area contributed by atoms with Crippen molar-refractivity contribution in [3.05, 3.63) is 60.2 Å². The third-order valence-electron chi connectivity index (χ3n) is 3.46. The summed E-state index contributed by atoms with van der Waals surface area (Å²) in [4.78, 5) is 27.6. The van der Waals surface area contributed by atoms with Gasteiger partial charge in [0.2, 0.25) is 0 Å². The summed E-state index contributed by atoms with van der Waals surface area (Å²) in [6.45, 7) is 3.84. The van der Waals surface area contributed by atoms with E-state index in [1.165, 1.54) is 11.0 Å². The Morgan fingerprint density at radius 1 is 1.25 bits per heavy atom. The number of rotatable bonds is 5. The number of carbonyl (C=O) groups is 2. The summed E-state index contributed by atoms with van der Waals surface area (Å²) in [6.07, 6.45) is 6.56. The lowest BCUT2D eigenvalue weighted by molar-refractivity contribution is -0.128. The number of hydrogen-bond donors (Lipinski definition) is 1. The molecule has 124 valence electrons. The van der Waals surface area contributed by atoms with Gasteiger partial charge in [-0.3, -0.25) is 19.8 Å². The normalized spacial score (nSPS) is 16.7. The Bertz CT molecular complexity index is 733. The molecule has 1 aromatic carbocycles. The van der Waals surface area contributed by atoms with Crippen LogP contribution in [0, 0.1) is 0 Å². The van der Waals surface area contributed by atoms with Crippen molar-refractivity contribution in [1.29, 1.82) is 0 Å². The van der Waals surface area contributed by atoms with Crippen LogP contribution in [0.15, 0.2) is 54.6 Å². The summed E-state index contributed by atoms with van der Waals surface area (Å²) in [5.41, 5.74) is 2.12. The molecule has 2 rings (SSSR count). The second-order valence-electron chi connectivity index (χ2n) is 5.39. The first-order chi connectivity index (χ1) is 11.4. The van der Waals surface area contributed by atoms with Crippen LogP contribution in [0.1, 0.15) is 5.56 Å². The molecule has 1 aliphatic rings. The van der Waals surface area contributed by atoms with Crippen molar-refractivity contribution >= 4 is 40.9 Å². The molecule has 1 saturated heterocycles. The minimum atomic E-state index is -0.488. The van der Waals surface area contributed by atoms with E-state index in [1.807, 2.05) is 49.3 Å². The van der Waals surface area contributed by atoms with Crippen molar-refractivity contribution in [3.8, 4) is 0 Å². The number of hydrogen-bond acceptors (Lipinski definition) is 4. The maximum absolute atomic E-state index is 12.3. The van der Waals surface area contributed by atoms with Crippen LogP contribution in [0.5, 0.6) is 0 Å². The molecule has 1 aromatic rings. The molecule has 5 nitrogen and oxygen atoms in total. The SMILES string of the molecule is C=CCN1C(=O)/C(=C/C=C\c2ccc(N(C)C)cc2)C(=O)NC1=S. The third-order valence-corrected chi connectivity index (χ3v) is 3.78. The summed E-state index contributed by atoms with van der Waals surface area (Å²) in [5, 5.41) is 2.61. The van der Waals surface area contributed by atoms with Gasteiger partial charge in [-0.2, -0.15) is 0 Å². The van der Waals surface area contributed by atoms with Gasteiger partial charge in [0.25, 0.3) is 11.8 Å². The molecular weight excluding hydrogens is 322 g/mol. The molecule has 0 unspecified atom stereocenters. The molecule has 0 saturated carbocycles. The molecule has 0 atom stereocenters. The van der Waals surface area contributed by atoms with Gasteiger partial charge in [0.15, 0.2) is 5.11 Å². The second kappa shape index (κ2) is 7.70. The van der Waals surface area contributed by atoms with Gasteiger partial charge in [-0.05, 0) is 36.0 Å². The summed E-state index contributed by atoms with van der Waals surface area (Å²) in [5.74, 6) is -0.908. The van der Waals surface area contributed by atoms with Crippen molar-refractivity contribution in [2.75, 3.05) is 25.5 Å². The highest BCUT2D eigenvalue weighted by Crippen LogP contribution is 2.14. The van der Waals surface area contributed by atoms with Crippen molar-refractivity contribution in [2.45, 2.75) is 0 Å². The zero-order valence-electron chi connectivity index (χ0n) is 13.7. The molecule has 1 aliphatic heterocycles. The molecule has 0 radical (unpaired) electrons. The number of thiocarbonyl (C=S) groups is 1. The smallest absolute Gasteiger partial charge is 0.265 e. The molecule has 1 fully saturated rings. The Morgan fingerprint density at radius 3 is 2.50 bits per heavy atom. The maximum Gasteiger partial charge on any atom is 0.265 e. The van der Waals surface area contributed by atoms with Gasteiger partial charge in [-0.15, -0.1) is 6.58 Å². The monoisotopic (exact) mass is 341 g/mol. The van der Waals surface area contributed by atoms with Crippen molar-refractivity contribution in [3.63, 3.8) is 0 Å². The van der Waals surface area contributed by atoms with E-state index < -0.39 is 11.8 Å². The molecule has 0 aromatic heterocycles. The minimum Gasteiger partial charge on any atom is -0.378 e. The zero-order valence-corrected chi connectivity index (χ0v) is 14.5. The van der Waals surface area contributed by atoms with E-state index in [4.69, 9.17) is 12.2 Å². The molecule has 0 aliphatic carbocycles. The molecule has 1 heterocycles. The molecule has 24 heavy (non-hydrogen) atoms. The first kappa shape index (κ1) is 17.6. The highest BCUT2D eigenvalue weighted by atomic mass is 32.1. The number of benzene rings is 1. The molecule has 2 amide bonds. The van der Waals surface area contributed by atoms with Gasteiger partial charge in [0.1, 0.15) is 5.57 Å². The molecule has 0 bridgehead atoms. The lowest BCUT2D eigenvalue weighted by Crippen LogP contribution is -2.53. The van der Waals surface area contributed by atoms with E-state index in [1.54, 1.807) is 12.2 Å². The maximum atomic E-state index is 12.3.